The molecule has 2 aliphatic rings. The molecule has 0 bridgehead atoms. The molecule has 0 saturated heterocycles. The highest BCUT2D eigenvalue weighted by molar-refractivity contribution is 6.30. The third-order valence-corrected chi connectivity index (χ3v) is 7.24. The summed E-state index contributed by atoms with van der Waals surface area (Å²) >= 11 is 12.1. The van der Waals surface area contributed by atoms with Crippen LogP contribution in [0.25, 0.3) is 6.08 Å². The number of hydrogen-bond donors (Lipinski definition) is 0. The third-order valence-electron chi connectivity index (χ3n) is 6.74. The lowest BCUT2D eigenvalue weighted by molar-refractivity contribution is -0.142. The van der Waals surface area contributed by atoms with Crippen LogP contribution < -0.4 is 0 Å². The van der Waals surface area contributed by atoms with E-state index < -0.39 is 23.8 Å². The van der Waals surface area contributed by atoms with Gasteiger partial charge in [0.05, 0.1) is 11.8 Å². The van der Waals surface area contributed by atoms with Crippen molar-refractivity contribution in [1.82, 2.24) is 14.8 Å². The van der Waals surface area contributed by atoms with Gasteiger partial charge in [-0.25, -0.2) is 5.01 Å². The number of aryl methyl sites for hydroxylation is 1. The van der Waals surface area contributed by atoms with Crippen molar-refractivity contribution in [1.29, 1.82) is 0 Å². The van der Waals surface area contributed by atoms with Crippen LogP contribution in [0.4, 0.5) is 13.2 Å². The summed E-state index contributed by atoms with van der Waals surface area (Å²) in [4.78, 5) is 13.5. The number of aromatic nitrogens is 2. The van der Waals surface area contributed by atoms with E-state index in [-0.39, 0.29) is 18.2 Å². The van der Waals surface area contributed by atoms with Crippen molar-refractivity contribution in [3.05, 3.63) is 92.7 Å². The number of carbonyl (C=O) groups is 1. The van der Waals surface area contributed by atoms with Crippen molar-refractivity contribution in [2.75, 3.05) is 0 Å². The van der Waals surface area contributed by atoms with Crippen LogP contribution in [-0.4, -0.2) is 26.4 Å². The number of benzene rings is 2. The Morgan fingerprint density at radius 3 is 2.35 bits per heavy atom. The first-order chi connectivity index (χ1) is 17.6. The van der Waals surface area contributed by atoms with Gasteiger partial charge in [0, 0.05) is 21.7 Å². The lowest BCUT2D eigenvalue weighted by Crippen LogP contribution is -2.34. The number of allylic oxidation sites excluding steroid dienone is 1. The summed E-state index contributed by atoms with van der Waals surface area (Å²) in [6.07, 6.45) is 0.0202. The molecule has 1 amide bonds. The van der Waals surface area contributed by atoms with Gasteiger partial charge in [0.2, 0.25) is 0 Å². The topological polar surface area (TPSA) is 50.5 Å². The van der Waals surface area contributed by atoms with Crippen molar-refractivity contribution in [3.8, 4) is 0 Å². The molecule has 2 aromatic carbocycles. The molecule has 192 valence electrons. The minimum absolute atomic E-state index is 0.0538. The zero-order valence-corrected chi connectivity index (χ0v) is 21.4. The van der Waals surface area contributed by atoms with E-state index in [0.29, 0.717) is 10.0 Å². The van der Waals surface area contributed by atoms with E-state index in [9.17, 15) is 18.0 Å². The number of fused-ring (bicyclic) bond motifs is 1. The Morgan fingerprint density at radius 1 is 1.08 bits per heavy atom. The lowest BCUT2D eigenvalue weighted by Gasteiger charge is -2.29. The van der Waals surface area contributed by atoms with Crippen molar-refractivity contribution in [2.24, 2.45) is 11.0 Å². The Balaban J connectivity index is 1.51. The molecule has 0 spiro atoms. The van der Waals surface area contributed by atoms with Crippen LogP contribution in [0.3, 0.4) is 0 Å². The van der Waals surface area contributed by atoms with Crippen LogP contribution in [0.1, 0.15) is 47.8 Å². The van der Waals surface area contributed by atoms with Crippen LogP contribution in [0.5, 0.6) is 0 Å². The molecule has 1 aliphatic carbocycles. The SMILES string of the molecule is Cc1cc(C(F)(F)F)nn1CC(=O)N1N=C2/C(=C/c3ccc(Cl)cc3)CCC[C@H]2[C@@H]1c1ccc(Cl)cc1. The predicted octanol–water partition coefficient (Wildman–Crippen LogP) is 7.34. The molecule has 10 heteroatoms. The molecule has 1 aliphatic heterocycles. The first-order valence-corrected chi connectivity index (χ1v) is 12.6. The summed E-state index contributed by atoms with van der Waals surface area (Å²) < 4.78 is 40.6. The first kappa shape index (κ1) is 25.5. The molecular weight excluding hydrogens is 524 g/mol. The maximum absolute atomic E-state index is 13.5. The Kier molecular flexibility index (Phi) is 6.89. The average Bonchev–Trinajstić information content (AvgIpc) is 3.43. The second-order valence-electron chi connectivity index (χ2n) is 9.27. The van der Waals surface area contributed by atoms with E-state index in [1.807, 2.05) is 36.4 Å². The van der Waals surface area contributed by atoms with Gasteiger partial charge in [-0.15, -0.1) is 0 Å². The summed E-state index contributed by atoms with van der Waals surface area (Å²) in [5.41, 5.74) is 2.91. The van der Waals surface area contributed by atoms with E-state index in [2.05, 4.69) is 11.2 Å². The second kappa shape index (κ2) is 9.99. The fourth-order valence-electron chi connectivity index (χ4n) is 4.97. The molecule has 5 nitrogen and oxygen atoms in total. The van der Waals surface area contributed by atoms with Crippen molar-refractivity contribution in [3.63, 3.8) is 0 Å². The molecule has 5 rings (SSSR count). The molecule has 1 saturated carbocycles. The van der Waals surface area contributed by atoms with Gasteiger partial charge in [0.1, 0.15) is 6.54 Å². The number of halogens is 5. The van der Waals surface area contributed by atoms with Crippen LogP contribution in [0.2, 0.25) is 10.0 Å². The number of alkyl halides is 3. The molecule has 2 atom stereocenters. The van der Waals surface area contributed by atoms with Gasteiger partial charge in [0.15, 0.2) is 5.69 Å². The van der Waals surface area contributed by atoms with Gasteiger partial charge in [-0.2, -0.15) is 23.4 Å². The second-order valence-corrected chi connectivity index (χ2v) is 10.1. The van der Waals surface area contributed by atoms with Gasteiger partial charge in [-0.1, -0.05) is 47.5 Å². The van der Waals surface area contributed by atoms with E-state index in [4.69, 9.17) is 28.3 Å². The Hall–Kier alpha value is -3.10. The third kappa shape index (κ3) is 5.31. The summed E-state index contributed by atoms with van der Waals surface area (Å²) in [7, 11) is 0. The number of amides is 1. The minimum atomic E-state index is -4.59. The fraction of sp³-hybridized carbons (Fsp3) is 0.296. The summed E-state index contributed by atoms with van der Waals surface area (Å²) in [6.45, 7) is 1.14. The summed E-state index contributed by atoms with van der Waals surface area (Å²) in [5.74, 6) is -0.491. The van der Waals surface area contributed by atoms with Crippen molar-refractivity contribution >= 4 is 40.9 Å². The lowest BCUT2D eigenvalue weighted by atomic mass is 9.77. The highest BCUT2D eigenvalue weighted by Gasteiger charge is 2.44. The Labute approximate surface area is 222 Å². The standard InChI is InChI=1S/C27H23Cl2F3N4O/c1-16-13-23(27(30,31)32)33-35(16)15-24(37)36-26(18-7-11-21(29)12-8-18)22-4-2-3-19(25(22)34-36)14-17-5-9-20(28)10-6-17/h5-14,22,26H,2-4,15H2,1H3/b19-14+/t22-,26+/m1/s1. The average molecular weight is 547 g/mol. The van der Waals surface area contributed by atoms with E-state index in [1.54, 1.807) is 12.1 Å². The number of carbonyl (C=O) groups excluding carboxylic acids is 1. The fourth-order valence-corrected chi connectivity index (χ4v) is 5.22. The Bertz CT molecular complexity index is 1380. The number of nitrogens with zero attached hydrogens (tertiary/aromatic N) is 4. The van der Waals surface area contributed by atoms with Crippen LogP contribution in [0, 0.1) is 12.8 Å². The highest BCUT2D eigenvalue weighted by Crippen LogP contribution is 2.44. The smallest absolute Gasteiger partial charge is 0.271 e. The van der Waals surface area contributed by atoms with E-state index in [1.165, 1.54) is 11.9 Å². The number of rotatable bonds is 4. The maximum Gasteiger partial charge on any atom is 0.435 e. The summed E-state index contributed by atoms with van der Waals surface area (Å²) in [5, 5.41) is 11.0. The zero-order chi connectivity index (χ0) is 26.3. The van der Waals surface area contributed by atoms with Gasteiger partial charge < -0.3 is 0 Å². The van der Waals surface area contributed by atoms with Gasteiger partial charge >= 0.3 is 6.18 Å². The molecule has 2 heterocycles. The van der Waals surface area contributed by atoms with Crippen molar-refractivity contribution < 1.29 is 18.0 Å². The molecule has 1 fully saturated rings. The monoisotopic (exact) mass is 546 g/mol. The quantitative estimate of drug-likeness (QED) is 0.343. The summed E-state index contributed by atoms with van der Waals surface area (Å²) in [6, 6.07) is 15.3. The molecule has 0 radical (unpaired) electrons. The Morgan fingerprint density at radius 2 is 1.73 bits per heavy atom. The first-order valence-electron chi connectivity index (χ1n) is 11.8. The molecule has 0 unspecified atom stereocenters. The van der Waals surface area contributed by atoms with Crippen molar-refractivity contribution in [2.45, 2.75) is 44.9 Å². The van der Waals surface area contributed by atoms with Gasteiger partial charge in [-0.3, -0.25) is 9.48 Å². The number of hydrazone groups is 1. The number of hydrogen-bond acceptors (Lipinski definition) is 3. The molecular formula is C27H23Cl2F3N4O. The normalized spacial score (nSPS) is 20.8. The molecule has 3 aromatic rings. The van der Waals surface area contributed by atoms with Crippen LogP contribution >= 0.6 is 23.2 Å². The van der Waals surface area contributed by atoms with Gasteiger partial charge in [-0.05, 0) is 79.3 Å². The molecule has 37 heavy (non-hydrogen) atoms. The van der Waals surface area contributed by atoms with Crippen LogP contribution in [-0.2, 0) is 17.5 Å². The van der Waals surface area contributed by atoms with E-state index >= 15 is 0 Å². The molecule has 0 N–H and O–H groups in total. The van der Waals surface area contributed by atoms with Gasteiger partial charge in [0.25, 0.3) is 5.91 Å². The minimum Gasteiger partial charge on any atom is -0.271 e. The predicted molar refractivity (Wildman–Crippen MR) is 137 cm³/mol. The van der Waals surface area contributed by atoms with E-state index in [0.717, 1.165) is 52.4 Å². The zero-order valence-electron chi connectivity index (χ0n) is 19.8. The molecule has 1 aromatic heterocycles. The highest BCUT2D eigenvalue weighted by atomic mass is 35.5. The van der Waals surface area contributed by atoms with Crippen LogP contribution in [0.15, 0.2) is 65.3 Å². The largest absolute Gasteiger partial charge is 0.435 e. The maximum atomic E-state index is 13.5.